The van der Waals surface area contributed by atoms with Crippen molar-refractivity contribution < 1.29 is 33.4 Å². The van der Waals surface area contributed by atoms with Gasteiger partial charge in [0.15, 0.2) is 5.78 Å². The average Bonchev–Trinajstić information content (AvgIpc) is 3.18. The van der Waals surface area contributed by atoms with E-state index in [4.69, 9.17) is 16.7 Å². The van der Waals surface area contributed by atoms with Crippen molar-refractivity contribution in [2.24, 2.45) is 5.11 Å². The molecular weight excluding hydrogens is 834 g/mol. The number of rotatable bonds is 6. The standard InChI is InChI=1S/C8H9FN2O2.C8H11FN2.C8H12N2O.C8H10N2.C7H8N2O.C5H6ClN2/c1-8(2,9)6-3-5(7(12)13)4-10-11-6;1-6-4-7(8(2,3)9)11-10-5-6;1-6-4-7(8(2,3)11)10-9-5-6;1-6(2)8-4-7(3)5-9-10-8;1-5-3-7(6(2)10)9-8-4-5;1-4-2-5(6)8-7-3-4/h3-4H,1-2H3,(H,12,13);4-5H,1-3H3;4-5,11H,1-3H3;4-5H,1H2,2-3H3;3-4H,1-2H3;2-3,5H,1H3/q;;;;;+1. The topological polar surface area (TPSA) is 230 Å². The van der Waals surface area contributed by atoms with Gasteiger partial charge in [-0.25, -0.2) is 13.6 Å². The minimum absolute atomic E-state index is 0.0207. The summed E-state index contributed by atoms with van der Waals surface area (Å²) in [6.45, 7) is 25.7. The number of carbonyl (C=O) groups is 2. The first kappa shape index (κ1) is 54.5. The number of aliphatic hydroxyl groups is 1. The van der Waals surface area contributed by atoms with Gasteiger partial charge in [-0.15, -0.1) is 5.10 Å². The van der Waals surface area contributed by atoms with Gasteiger partial charge >= 0.3 is 12.2 Å². The minimum Gasteiger partial charge on any atom is -0.478 e. The van der Waals surface area contributed by atoms with Gasteiger partial charge in [0, 0.05) is 12.5 Å². The number of halogens is 3. The number of hydrogen-bond acceptors (Lipinski definition) is 14. The molecule has 5 aromatic heterocycles. The molecule has 0 bridgehead atoms. The summed E-state index contributed by atoms with van der Waals surface area (Å²) >= 11 is 5.55. The molecule has 1 unspecified atom stereocenters. The molecule has 0 saturated heterocycles. The van der Waals surface area contributed by atoms with Gasteiger partial charge in [0.2, 0.25) is 5.50 Å². The third-order valence-corrected chi connectivity index (χ3v) is 7.76. The van der Waals surface area contributed by atoms with Crippen LogP contribution in [0.4, 0.5) is 8.78 Å². The zero-order valence-electron chi connectivity index (χ0n) is 37.9. The lowest BCUT2D eigenvalue weighted by atomic mass is 10.0. The molecule has 16 nitrogen and oxygen atoms in total. The van der Waals surface area contributed by atoms with Crippen LogP contribution in [0.5, 0.6) is 0 Å². The summed E-state index contributed by atoms with van der Waals surface area (Å²) < 4.78 is 26.5. The molecule has 0 aromatic carbocycles. The van der Waals surface area contributed by atoms with Gasteiger partial charge in [0.1, 0.15) is 33.4 Å². The first-order chi connectivity index (χ1) is 29.1. The molecule has 0 radical (unpaired) electrons. The van der Waals surface area contributed by atoms with Crippen LogP contribution in [0.25, 0.3) is 5.57 Å². The van der Waals surface area contributed by atoms with Gasteiger partial charge in [-0.05, 0) is 147 Å². The van der Waals surface area contributed by atoms with Crippen LogP contribution in [0.15, 0.2) is 84.7 Å². The minimum atomic E-state index is -1.67. The summed E-state index contributed by atoms with van der Waals surface area (Å²) in [7, 11) is 0. The van der Waals surface area contributed by atoms with Crippen LogP contribution >= 0.6 is 11.6 Å². The summed E-state index contributed by atoms with van der Waals surface area (Å²) in [5, 5.41) is 58.5. The van der Waals surface area contributed by atoms with Crippen molar-refractivity contribution in [2.45, 2.75) is 112 Å². The Bertz CT molecular complexity index is 2280. The SMILES string of the molecule is C=C(C)c1cc(C)cnn1.CC(=O)c1cc(C)cnn1.CC(C)(F)c1cc(C(=O)O)cnn1.CC1=CC(Cl)N=[N+]=C1.Cc1cnnc(C(C)(C)F)c1.Cc1cnnc(C(C)(C)O)c1. The first-order valence-electron chi connectivity index (χ1n) is 19.2. The average molecular weight is 890 g/mol. The Morgan fingerprint density at radius 2 is 1.05 bits per heavy atom. The van der Waals surface area contributed by atoms with E-state index in [2.05, 4.69) is 67.5 Å². The highest BCUT2D eigenvalue weighted by Crippen LogP contribution is 2.23. The number of aryl methyl sites for hydroxylation is 4. The maximum Gasteiger partial charge on any atom is 0.337 e. The number of alkyl halides is 3. The van der Waals surface area contributed by atoms with Crippen molar-refractivity contribution in [3.8, 4) is 0 Å². The smallest absolute Gasteiger partial charge is 0.337 e. The number of ketones is 1. The normalized spacial score (nSPS) is 12.7. The second kappa shape index (κ2) is 25.4. The molecule has 6 rings (SSSR count). The number of nitrogens with zero attached hydrogens (tertiary/aromatic N) is 12. The van der Waals surface area contributed by atoms with E-state index < -0.39 is 22.9 Å². The van der Waals surface area contributed by atoms with Crippen molar-refractivity contribution in [2.75, 3.05) is 0 Å². The Morgan fingerprint density at radius 3 is 1.35 bits per heavy atom. The second-order valence-electron chi connectivity index (χ2n) is 15.6. The monoisotopic (exact) mass is 889 g/mol. The molecule has 1 aliphatic rings. The molecule has 336 valence electrons. The van der Waals surface area contributed by atoms with Crippen LogP contribution in [0.3, 0.4) is 0 Å². The molecule has 19 heteroatoms. The number of carboxylic acid groups (broad SMARTS) is 1. The zero-order valence-corrected chi connectivity index (χ0v) is 38.7. The van der Waals surface area contributed by atoms with Gasteiger partial charge in [-0.3, -0.25) is 4.79 Å². The fourth-order valence-electron chi connectivity index (χ4n) is 4.08. The molecule has 2 N–H and O–H groups in total. The Morgan fingerprint density at radius 1 is 0.651 bits per heavy atom. The van der Waals surface area contributed by atoms with E-state index in [-0.39, 0.29) is 22.5 Å². The largest absolute Gasteiger partial charge is 0.478 e. The van der Waals surface area contributed by atoms with Gasteiger partial charge in [-0.2, -0.15) is 45.9 Å². The predicted octanol–water partition coefficient (Wildman–Crippen LogP) is 8.43. The van der Waals surface area contributed by atoms with E-state index in [1.54, 1.807) is 57.0 Å². The van der Waals surface area contributed by atoms with E-state index >= 15 is 0 Å². The molecule has 0 aliphatic carbocycles. The molecule has 5 aromatic rings. The Balaban J connectivity index is 0.000000380. The number of allylic oxidation sites excluding steroid dienone is 2. The molecule has 0 fully saturated rings. The predicted molar refractivity (Wildman–Crippen MR) is 236 cm³/mol. The lowest BCUT2D eigenvalue weighted by Crippen LogP contribution is -2.18. The number of hydrogen-bond donors (Lipinski definition) is 2. The summed E-state index contributed by atoms with van der Waals surface area (Å²) in [5.74, 6) is -1.18. The summed E-state index contributed by atoms with van der Waals surface area (Å²) in [5.41, 5.74) is 4.11. The lowest BCUT2D eigenvalue weighted by Gasteiger charge is -2.15. The van der Waals surface area contributed by atoms with E-state index in [0.717, 1.165) is 45.3 Å². The second-order valence-corrected chi connectivity index (χ2v) is 16.0. The molecule has 0 amide bonds. The molecule has 63 heavy (non-hydrogen) atoms. The van der Waals surface area contributed by atoms with Crippen LogP contribution in [0, 0.1) is 27.7 Å². The van der Waals surface area contributed by atoms with Crippen LogP contribution in [-0.2, 0) is 16.9 Å². The van der Waals surface area contributed by atoms with E-state index in [1.165, 1.54) is 40.7 Å². The number of carbonyl (C=O) groups excluding carboxylic acids is 1. The quantitative estimate of drug-likeness (QED) is 0.0706. The zero-order chi connectivity index (χ0) is 48.1. The molecule has 6 heterocycles. The Labute approximate surface area is 371 Å². The number of carboxylic acids is 1. The van der Waals surface area contributed by atoms with Crippen LogP contribution in [0.1, 0.15) is 128 Å². The first-order valence-corrected chi connectivity index (χ1v) is 19.6. The van der Waals surface area contributed by atoms with Crippen molar-refractivity contribution in [3.05, 3.63) is 136 Å². The van der Waals surface area contributed by atoms with Gasteiger partial charge in [-0.1, -0.05) is 18.2 Å². The van der Waals surface area contributed by atoms with E-state index in [0.29, 0.717) is 17.1 Å². The molecule has 1 atom stereocenters. The Kier molecular flexibility index (Phi) is 22.0. The number of aromatic nitrogens is 10. The van der Waals surface area contributed by atoms with E-state index in [9.17, 15) is 23.5 Å². The third kappa shape index (κ3) is 22.8. The van der Waals surface area contributed by atoms with Crippen LogP contribution in [0.2, 0.25) is 0 Å². The van der Waals surface area contributed by atoms with Crippen molar-refractivity contribution >= 4 is 35.1 Å². The molecule has 0 saturated carbocycles. The lowest BCUT2D eigenvalue weighted by molar-refractivity contribution is -0.0861. The highest BCUT2D eigenvalue weighted by molar-refractivity contribution is 6.21. The van der Waals surface area contributed by atoms with Crippen molar-refractivity contribution in [1.29, 1.82) is 0 Å². The third-order valence-electron chi connectivity index (χ3n) is 7.55. The highest BCUT2D eigenvalue weighted by atomic mass is 35.5. The number of aromatic carboxylic acids is 1. The van der Waals surface area contributed by atoms with Crippen molar-refractivity contribution in [1.82, 2.24) is 51.0 Å². The molecule has 0 spiro atoms. The summed E-state index contributed by atoms with van der Waals surface area (Å²) in [4.78, 5) is 24.8. The van der Waals surface area contributed by atoms with Crippen LogP contribution < -0.4 is 0 Å². The van der Waals surface area contributed by atoms with E-state index in [1.807, 2.05) is 59.8 Å². The van der Waals surface area contributed by atoms with Crippen molar-refractivity contribution in [3.63, 3.8) is 0 Å². The van der Waals surface area contributed by atoms with Gasteiger partial charge in [0.25, 0.3) is 0 Å². The van der Waals surface area contributed by atoms with Crippen LogP contribution in [-0.4, -0.2) is 89.5 Å². The fourth-order valence-corrected chi connectivity index (χ4v) is 4.33. The molecular formula is C44H56ClF2N12O4+. The summed E-state index contributed by atoms with van der Waals surface area (Å²) in [6.07, 6.45) is 11.2. The summed E-state index contributed by atoms with van der Waals surface area (Å²) in [6, 6.07) is 8.39. The maximum atomic E-state index is 13.3. The Hall–Kier alpha value is -6.49. The number of Topliss-reactive ketones (excluding diaryl/α,β-unsaturated/α-hetero) is 1. The molecule has 1 aliphatic heterocycles. The maximum absolute atomic E-state index is 13.3. The fraction of sp³-hybridized carbons (Fsp3) is 0.386. The van der Waals surface area contributed by atoms with Gasteiger partial charge in [0.05, 0.1) is 58.4 Å². The van der Waals surface area contributed by atoms with Gasteiger partial charge < -0.3 is 10.2 Å². The highest BCUT2D eigenvalue weighted by Gasteiger charge is 2.23.